The molecule has 0 saturated carbocycles. The van der Waals surface area contributed by atoms with Crippen molar-refractivity contribution in [2.24, 2.45) is 5.73 Å². The standard InChI is InChI=1S/C28H26N2O4/c1-3-4-15-32-24-8-6-5-7-21(24)26-22-14-13-20(16-25(22)34-27(30)23(26)17-29)33-28(31)19-11-9-18(2)10-12-19/h5-14,16,26H,3-4,15,30H2,1-2H3. The predicted molar refractivity (Wildman–Crippen MR) is 129 cm³/mol. The molecule has 6 nitrogen and oxygen atoms in total. The fraction of sp³-hybridized carbons (Fsp3) is 0.214. The minimum Gasteiger partial charge on any atom is -0.493 e. The Kier molecular flexibility index (Phi) is 6.84. The summed E-state index contributed by atoms with van der Waals surface area (Å²) in [5.74, 6) is 0.536. The van der Waals surface area contributed by atoms with Crippen molar-refractivity contribution in [1.29, 1.82) is 5.26 Å². The van der Waals surface area contributed by atoms with Gasteiger partial charge in [-0.15, -0.1) is 0 Å². The van der Waals surface area contributed by atoms with Crippen LogP contribution in [0.4, 0.5) is 0 Å². The highest BCUT2D eigenvalue weighted by molar-refractivity contribution is 5.91. The third-order valence-electron chi connectivity index (χ3n) is 5.67. The number of rotatable bonds is 7. The number of esters is 1. The molecular weight excluding hydrogens is 428 g/mol. The van der Waals surface area contributed by atoms with Gasteiger partial charge in [0.1, 0.15) is 28.9 Å². The molecule has 0 spiro atoms. The van der Waals surface area contributed by atoms with E-state index >= 15 is 0 Å². The lowest BCUT2D eigenvalue weighted by atomic mass is 9.83. The van der Waals surface area contributed by atoms with E-state index in [2.05, 4.69) is 13.0 Å². The summed E-state index contributed by atoms with van der Waals surface area (Å²) in [5.41, 5.74) is 9.53. The van der Waals surface area contributed by atoms with Gasteiger partial charge in [-0.1, -0.05) is 55.3 Å². The maximum absolute atomic E-state index is 12.6. The van der Waals surface area contributed by atoms with Crippen LogP contribution in [0.1, 0.15) is 52.7 Å². The second-order valence-corrected chi connectivity index (χ2v) is 8.12. The smallest absolute Gasteiger partial charge is 0.343 e. The third-order valence-corrected chi connectivity index (χ3v) is 5.67. The Bertz CT molecular complexity index is 1270. The molecule has 1 aliphatic heterocycles. The van der Waals surface area contributed by atoms with Crippen LogP contribution < -0.4 is 19.9 Å². The van der Waals surface area contributed by atoms with Gasteiger partial charge in [-0.05, 0) is 37.6 Å². The van der Waals surface area contributed by atoms with Crippen LogP contribution in [0.3, 0.4) is 0 Å². The molecule has 1 heterocycles. The van der Waals surface area contributed by atoms with Crippen LogP contribution in [0, 0.1) is 18.3 Å². The molecule has 0 bridgehead atoms. The number of carbonyl (C=O) groups excluding carboxylic acids is 1. The summed E-state index contributed by atoms with van der Waals surface area (Å²) in [5, 5.41) is 9.86. The molecule has 6 heteroatoms. The normalized spacial score (nSPS) is 14.6. The minimum absolute atomic E-state index is 0.0189. The molecule has 3 aromatic rings. The lowest BCUT2D eigenvalue weighted by Crippen LogP contribution is -2.21. The summed E-state index contributed by atoms with van der Waals surface area (Å²) in [4.78, 5) is 12.6. The minimum atomic E-state index is -0.469. The SMILES string of the molecule is CCCCOc1ccccc1C1C(C#N)=C(N)Oc2cc(OC(=O)c3ccc(C)cc3)ccc21. The second kappa shape index (κ2) is 10.1. The van der Waals surface area contributed by atoms with Crippen LogP contribution in [0.15, 0.2) is 78.2 Å². The molecule has 172 valence electrons. The quantitative estimate of drug-likeness (QED) is 0.283. The number of allylic oxidation sites excluding steroid dienone is 1. The number of benzene rings is 3. The van der Waals surface area contributed by atoms with Crippen molar-refractivity contribution in [3.8, 4) is 23.3 Å². The summed E-state index contributed by atoms with van der Waals surface area (Å²) < 4.78 is 17.4. The van der Waals surface area contributed by atoms with Crippen LogP contribution in [-0.4, -0.2) is 12.6 Å². The molecule has 1 unspecified atom stereocenters. The van der Waals surface area contributed by atoms with E-state index in [0.717, 1.165) is 29.5 Å². The molecule has 0 fully saturated rings. The van der Waals surface area contributed by atoms with E-state index in [0.29, 0.717) is 35.0 Å². The van der Waals surface area contributed by atoms with E-state index in [-0.39, 0.29) is 5.88 Å². The molecule has 2 N–H and O–H groups in total. The molecule has 1 aliphatic rings. The lowest BCUT2D eigenvalue weighted by Gasteiger charge is -2.28. The Hall–Kier alpha value is -4.24. The molecule has 0 amide bonds. The molecule has 4 rings (SSSR count). The number of aryl methyl sites for hydroxylation is 1. The van der Waals surface area contributed by atoms with Gasteiger partial charge in [0.25, 0.3) is 0 Å². The number of unbranched alkanes of at least 4 members (excludes halogenated alkanes) is 1. The summed E-state index contributed by atoms with van der Waals surface area (Å²) in [6.45, 7) is 4.63. The van der Waals surface area contributed by atoms with Crippen molar-refractivity contribution in [3.05, 3.63) is 100 Å². The zero-order valence-corrected chi connectivity index (χ0v) is 19.2. The predicted octanol–water partition coefficient (Wildman–Crippen LogP) is 5.61. The van der Waals surface area contributed by atoms with Gasteiger partial charge in [0.05, 0.1) is 18.1 Å². The molecule has 3 aromatic carbocycles. The molecule has 1 atom stereocenters. The Morgan fingerprint density at radius 3 is 2.59 bits per heavy atom. The van der Waals surface area contributed by atoms with E-state index in [9.17, 15) is 10.1 Å². The summed E-state index contributed by atoms with van der Waals surface area (Å²) >= 11 is 0. The Balaban J connectivity index is 1.68. The molecule has 0 aliphatic carbocycles. The van der Waals surface area contributed by atoms with E-state index < -0.39 is 11.9 Å². The van der Waals surface area contributed by atoms with Gasteiger partial charge < -0.3 is 19.9 Å². The van der Waals surface area contributed by atoms with E-state index in [1.54, 1.807) is 30.3 Å². The number of carbonyl (C=O) groups is 1. The number of fused-ring (bicyclic) bond motifs is 1. The number of nitrogens with zero attached hydrogens (tertiary/aromatic N) is 1. The van der Waals surface area contributed by atoms with Crippen LogP contribution >= 0.6 is 0 Å². The maximum Gasteiger partial charge on any atom is 0.343 e. The van der Waals surface area contributed by atoms with Crippen LogP contribution in [-0.2, 0) is 0 Å². The molecular formula is C28H26N2O4. The number of ether oxygens (including phenoxy) is 3. The topological polar surface area (TPSA) is 94.6 Å². The van der Waals surface area contributed by atoms with E-state index in [1.165, 1.54) is 0 Å². The van der Waals surface area contributed by atoms with E-state index in [1.807, 2.05) is 43.3 Å². The largest absolute Gasteiger partial charge is 0.493 e. The van der Waals surface area contributed by atoms with Gasteiger partial charge in [-0.3, -0.25) is 0 Å². The first-order valence-corrected chi connectivity index (χ1v) is 11.2. The Morgan fingerprint density at radius 1 is 1.09 bits per heavy atom. The third kappa shape index (κ3) is 4.74. The average molecular weight is 455 g/mol. The number of para-hydroxylation sites is 1. The van der Waals surface area contributed by atoms with Crippen molar-refractivity contribution >= 4 is 5.97 Å². The van der Waals surface area contributed by atoms with Crippen molar-refractivity contribution in [3.63, 3.8) is 0 Å². The fourth-order valence-electron chi connectivity index (χ4n) is 3.85. The number of hydrogen-bond donors (Lipinski definition) is 1. The first-order valence-electron chi connectivity index (χ1n) is 11.2. The van der Waals surface area contributed by atoms with Gasteiger partial charge in [0.2, 0.25) is 5.88 Å². The van der Waals surface area contributed by atoms with Crippen molar-refractivity contribution in [1.82, 2.24) is 0 Å². The van der Waals surface area contributed by atoms with Crippen molar-refractivity contribution < 1.29 is 19.0 Å². The van der Waals surface area contributed by atoms with E-state index in [4.69, 9.17) is 19.9 Å². The zero-order valence-electron chi connectivity index (χ0n) is 19.2. The molecule has 0 saturated heterocycles. The zero-order chi connectivity index (χ0) is 24.1. The van der Waals surface area contributed by atoms with Crippen LogP contribution in [0.25, 0.3) is 0 Å². The van der Waals surface area contributed by atoms with Crippen LogP contribution in [0.2, 0.25) is 0 Å². The van der Waals surface area contributed by atoms with Crippen molar-refractivity contribution in [2.75, 3.05) is 6.61 Å². The lowest BCUT2D eigenvalue weighted by molar-refractivity contribution is 0.0734. The molecule has 34 heavy (non-hydrogen) atoms. The van der Waals surface area contributed by atoms with Gasteiger partial charge in [-0.25, -0.2) is 4.79 Å². The fourth-order valence-corrected chi connectivity index (χ4v) is 3.85. The van der Waals surface area contributed by atoms with Gasteiger partial charge >= 0.3 is 5.97 Å². The van der Waals surface area contributed by atoms with Crippen LogP contribution in [0.5, 0.6) is 17.2 Å². The summed E-state index contributed by atoms with van der Waals surface area (Å²) in [6, 6.07) is 22.1. The number of nitrogens with two attached hydrogens (primary N) is 1. The first kappa shape index (κ1) is 22.9. The highest BCUT2D eigenvalue weighted by atomic mass is 16.5. The maximum atomic E-state index is 12.6. The van der Waals surface area contributed by atoms with Gasteiger partial charge in [0.15, 0.2) is 0 Å². The Morgan fingerprint density at radius 2 is 1.85 bits per heavy atom. The van der Waals surface area contributed by atoms with Gasteiger partial charge in [0, 0.05) is 17.2 Å². The molecule has 0 aromatic heterocycles. The number of hydrogen-bond acceptors (Lipinski definition) is 6. The first-order chi connectivity index (χ1) is 16.5. The van der Waals surface area contributed by atoms with Gasteiger partial charge in [-0.2, -0.15) is 5.26 Å². The highest BCUT2D eigenvalue weighted by Gasteiger charge is 2.33. The summed E-state index contributed by atoms with van der Waals surface area (Å²) in [6.07, 6.45) is 1.94. The average Bonchev–Trinajstić information content (AvgIpc) is 2.84. The number of nitriles is 1. The summed E-state index contributed by atoms with van der Waals surface area (Å²) in [7, 11) is 0. The monoisotopic (exact) mass is 454 g/mol. The second-order valence-electron chi connectivity index (χ2n) is 8.12. The molecule has 0 radical (unpaired) electrons. The highest BCUT2D eigenvalue weighted by Crippen LogP contribution is 2.45. The van der Waals surface area contributed by atoms with Crippen molar-refractivity contribution in [2.45, 2.75) is 32.6 Å². The Labute approximate surface area is 199 Å².